The largest absolute Gasteiger partial charge is 0.481 e. The summed E-state index contributed by atoms with van der Waals surface area (Å²) in [5.41, 5.74) is 0.346. The number of urea groups is 1. The second-order valence-corrected chi connectivity index (χ2v) is 6.58. The van der Waals surface area contributed by atoms with Crippen molar-refractivity contribution in [2.45, 2.75) is 33.2 Å². The lowest BCUT2D eigenvalue weighted by Crippen LogP contribution is -2.51. The maximum absolute atomic E-state index is 12.1. The predicted molar refractivity (Wildman–Crippen MR) is 77.8 cm³/mol. The molecule has 5 nitrogen and oxygen atoms in total. The lowest BCUT2D eigenvalue weighted by molar-refractivity contribution is -0.150. The number of hydrogen-bond acceptors (Lipinski definition) is 3. The van der Waals surface area contributed by atoms with Crippen molar-refractivity contribution in [1.29, 1.82) is 0 Å². The van der Waals surface area contributed by atoms with Gasteiger partial charge in [0.2, 0.25) is 0 Å². The van der Waals surface area contributed by atoms with E-state index >= 15 is 0 Å². The smallest absolute Gasteiger partial charge is 0.317 e. The molecule has 0 spiro atoms. The van der Waals surface area contributed by atoms with Gasteiger partial charge in [0.1, 0.15) is 0 Å². The molecule has 0 radical (unpaired) electrons. The van der Waals surface area contributed by atoms with Crippen LogP contribution in [0.25, 0.3) is 0 Å². The van der Waals surface area contributed by atoms with E-state index in [9.17, 15) is 14.7 Å². The van der Waals surface area contributed by atoms with Gasteiger partial charge >= 0.3 is 12.0 Å². The maximum Gasteiger partial charge on any atom is 0.317 e. The van der Waals surface area contributed by atoms with Gasteiger partial charge in [-0.25, -0.2) is 4.79 Å². The first-order valence-electron chi connectivity index (χ1n) is 6.71. The standard InChI is InChI=1S/C14H20N2O3S/c1-10-4-7-20-11(10)8-15-13(19)16-6-3-5-14(2,9-16)12(17)18/h4,7H,3,5-6,8-9H2,1-2H3,(H,15,19)(H,17,18). The molecule has 2 rings (SSSR count). The van der Waals surface area contributed by atoms with E-state index in [0.717, 1.165) is 11.3 Å². The van der Waals surface area contributed by atoms with E-state index in [1.807, 2.05) is 18.4 Å². The summed E-state index contributed by atoms with van der Waals surface area (Å²) in [6.45, 7) is 5.12. The highest BCUT2D eigenvalue weighted by Crippen LogP contribution is 2.29. The minimum atomic E-state index is -0.830. The summed E-state index contributed by atoms with van der Waals surface area (Å²) >= 11 is 1.62. The van der Waals surface area contributed by atoms with Crippen molar-refractivity contribution in [3.63, 3.8) is 0 Å². The van der Waals surface area contributed by atoms with Crippen LogP contribution in [0.1, 0.15) is 30.2 Å². The van der Waals surface area contributed by atoms with Gasteiger partial charge in [0.25, 0.3) is 0 Å². The Balaban J connectivity index is 1.92. The second-order valence-electron chi connectivity index (χ2n) is 5.58. The van der Waals surface area contributed by atoms with E-state index in [1.54, 1.807) is 23.2 Å². The van der Waals surface area contributed by atoms with Gasteiger partial charge in [-0.2, -0.15) is 0 Å². The number of hydrogen-bond donors (Lipinski definition) is 2. The van der Waals surface area contributed by atoms with Crippen LogP contribution in [-0.4, -0.2) is 35.1 Å². The molecule has 0 saturated carbocycles. The summed E-state index contributed by atoms with van der Waals surface area (Å²) in [4.78, 5) is 26.2. The van der Waals surface area contributed by atoms with Crippen molar-refractivity contribution in [3.8, 4) is 0 Å². The normalized spacial score (nSPS) is 22.6. The fraction of sp³-hybridized carbons (Fsp3) is 0.571. The summed E-state index contributed by atoms with van der Waals surface area (Å²) in [5, 5.41) is 14.1. The summed E-state index contributed by atoms with van der Waals surface area (Å²) in [5.74, 6) is -0.830. The van der Waals surface area contributed by atoms with Gasteiger partial charge in [0, 0.05) is 18.0 Å². The molecule has 20 heavy (non-hydrogen) atoms. The molecule has 1 aromatic heterocycles. The molecule has 1 saturated heterocycles. The lowest BCUT2D eigenvalue weighted by atomic mass is 9.82. The highest BCUT2D eigenvalue weighted by molar-refractivity contribution is 7.10. The topological polar surface area (TPSA) is 69.6 Å². The quantitative estimate of drug-likeness (QED) is 0.900. The molecule has 2 amide bonds. The zero-order valence-electron chi connectivity index (χ0n) is 11.8. The number of aliphatic carboxylic acids is 1. The van der Waals surface area contributed by atoms with E-state index in [4.69, 9.17) is 0 Å². The molecule has 2 N–H and O–H groups in total. The van der Waals surface area contributed by atoms with Crippen molar-refractivity contribution >= 4 is 23.3 Å². The summed E-state index contributed by atoms with van der Waals surface area (Å²) in [7, 11) is 0. The van der Waals surface area contributed by atoms with Crippen LogP contribution in [0, 0.1) is 12.3 Å². The third kappa shape index (κ3) is 3.12. The lowest BCUT2D eigenvalue weighted by Gasteiger charge is -2.37. The summed E-state index contributed by atoms with van der Waals surface area (Å²) in [6.07, 6.45) is 1.35. The number of carbonyl (C=O) groups excluding carboxylic acids is 1. The van der Waals surface area contributed by atoms with Crippen LogP contribution in [0.5, 0.6) is 0 Å². The molecule has 1 unspecified atom stereocenters. The van der Waals surface area contributed by atoms with Crippen LogP contribution in [0.4, 0.5) is 4.79 Å². The molecule has 2 heterocycles. The Morgan fingerprint density at radius 2 is 2.30 bits per heavy atom. The van der Waals surface area contributed by atoms with Crippen LogP contribution in [0.3, 0.4) is 0 Å². The first-order chi connectivity index (χ1) is 9.42. The maximum atomic E-state index is 12.1. The highest BCUT2D eigenvalue weighted by atomic mass is 32.1. The van der Waals surface area contributed by atoms with Crippen molar-refractivity contribution in [1.82, 2.24) is 10.2 Å². The molecular weight excluding hydrogens is 276 g/mol. The van der Waals surface area contributed by atoms with Crippen LogP contribution in [0.2, 0.25) is 0 Å². The Hall–Kier alpha value is -1.56. The third-order valence-electron chi connectivity index (χ3n) is 3.87. The predicted octanol–water partition coefficient (Wildman–Crippen LogP) is 2.45. The van der Waals surface area contributed by atoms with Crippen LogP contribution in [-0.2, 0) is 11.3 Å². The van der Waals surface area contributed by atoms with Gasteiger partial charge in [0.15, 0.2) is 0 Å². The van der Waals surface area contributed by atoms with E-state index in [0.29, 0.717) is 19.5 Å². The Bertz CT molecular complexity index is 514. The fourth-order valence-corrected chi connectivity index (χ4v) is 3.29. The molecule has 0 aromatic carbocycles. The van der Waals surface area contributed by atoms with Crippen molar-refractivity contribution in [3.05, 3.63) is 21.9 Å². The number of thiophene rings is 1. The monoisotopic (exact) mass is 296 g/mol. The van der Waals surface area contributed by atoms with E-state index < -0.39 is 11.4 Å². The number of rotatable bonds is 3. The number of aryl methyl sites for hydroxylation is 1. The van der Waals surface area contributed by atoms with E-state index in [2.05, 4.69) is 5.32 Å². The van der Waals surface area contributed by atoms with E-state index in [-0.39, 0.29) is 12.6 Å². The number of likely N-dealkylation sites (tertiary alicyclic amines) is 1. The number of amides is 2. The van der Waals surface area contributed by atoms with Gasteiger partial charge in [-0.3, -0.25) is 4.79 Å². The van der Waals surface area contributed by atoms with Gasteiger partial charge < -0.3 is 15.3 Å². The average Bonchev–Trinajstić information content (AvgIpc) is 2.81. The number of carboxylic acids is 1. The molecule has 6 heteroatoms. The number of nitrogens with one attached hydrogen (secondary N) is 1. The summed E-state index contributed by atoms with van der Waals surface area (Å²) < 4.78 is 0. The molecule has 110 valence electrons. The van der Waals surface area contributed by atoms with Crippen molar-refractivity contribution < 1.29 is 14.7 Å². The van der Waals surface area contributed by atoms with Crippen LogP contribution in [0.15, 0.2) is 11.4 Å². The number of carboxylic acid groups (broad SMARTS) is 1. The second kappa shape index (κ2) is 5.83. The van der Waals surface area contributed by atoms with Crippen molar-refractivity contribution in [2.75, 3.05) is 13.1 Å². The first kappa shape index (κ1) is 14.8. The van der Waals surface area contributed by atoms with Gasteiger partial charge in [-0.15, -0.1) is 11.3 Å². The zero-order chi connectivity index (χ0) is 14.8. The Kier molecular flexibility index (Phi) is 4.32. The average molecular weight is 296 g/mol. The molecule has 0 bridgehead atoms. The minimum absolute atomic E-state index is 0.176. The van der Waals surface area contributed by atoms with E-state index in [1.165, 1.54) is 5.56 Å². The SMILES string of the molecule is Cc1ccsc1CNC(=O)N1CCCC(C)(C(=O)O)C1. The van der Waals surface area contributed by atoms with Crippen LogP contribution >= 0.6 is 11.3 Å². The van der Waals surface area contributed by atoms with Gasteiger partial charge in [-0.1, -0.05) is 0 Å². The molecule has 1 atom stereocenters. The Morgan fingerprint density at radius 3 is 2.90 bits per heavy atom. The molecule has 0 aliphatic carbocycles. The highest BCUT2D eigenvalue weighted by Gasteiger charge is 2.39. The third-order valence-corrected chi connectivity index (χ3v) is 4.89. The summed E-state index contributed by atoms with van der Waals surface area (Å²) in [6, 6.07) is 1.85. The van der Waals surface area contributed by atoms with Gasteiger partial charge in [0.05, 0.1) is 12.0 Å². The fourth-order valence-electron chi connectivity index (χ4n) is 2.44. The number of carbonyl (C=O) groups is 2. The Labute approximate surface area is 122 Å². The Morgan fingerprint density at radius 1 is 1.55 bits per heavy atom. The van der Waals surface area contributed by atoms with Crippen LogP contribution < -0.4 is 5.32 Å². The molecular formula is C14H20N2O3S. The van der Waals surface area contributed by atoms with Gasteiger partial charge in [-0.05, 0) is 43.7 Å². The molecule has 1 aromatic rings. The molecule has 1 fully saturated rings. The number of nitrogens with zero attached hydrogens (tertiary/aromatic N) is 1. The first-order valence-corrected chi connectivity index (χ1v) is 7.59. The zero-order valence-corrected chi connectivity index (χ0v) is 12.6. The van der Waals surface area contributed by atoms with Crippen molar-refractivity contribution in [2.24, 2.45) is 5.41 Å². The number of piperidine rings is 1. The molecule has 1 aliphatic rings. The molecule has 1 aliphatic heterocycles. The minimum Gasteiger partial charge on any atom is -0.481 e.